The molecule has 0 radical (unpaired) electrons. The highest BCUT2D eigenvalue weighted by molar-refractivity contribution is 7.21. The number of hydrogen-bond acceptors (Lipinski definition) is 10. The van der Waals surface area contributed by atoms with Crippen molar-refractivity contribution in [1.82, 2.24) is 0 Å². The predicted molar refractivity (Wildman–Crippen MR) is 174 cm³/mol. The van der Waals surface area contributed by atoms with Gasteiger partial charge < -0.3 is 29.2 Å². The number of halogens is 3. The molecule has 246 valence electrons. The molecular weight excluding hydrogens is 686 g/mol. The molecule has 2 N–H and O–H groups in total. The Morgan fingerprint density at radius 1 is 0.783 bits per heavy atom. The maximum Gasteiger partial charge on any atom is 0.306 e. The van der Waals surface area contributed by atoms with Crippen molar-refractivity contribution in [3.63, 3.8) is 0 Å². The zero-order valence-electron chi connectivity index (χ0n) is 25.0. The van der Waals surface area contributed by atoms with Crippen LogP contribution in [0, 0.1) is 17.7 Å². The number of hydrogen-bond donors (Lipinski definition) is 2. The minimum absolute atomic E-state index is 0.000385. The first kappa shape index (κ1) is 35.2. The van der Waals surface area contributed by atoms with Gasteiger partial charge in [0.1, 0.15) is 5.02 Å². The number of aliphatic carboxylic acids is 2. The van der Waals surface area contributed by atoms with Crippen molar-refractivity contribution in [2.75, 3.05) is 27.4 Å². The molecule has 0 amide bonds. The van der Waals surface area contributed by atoms with E-state index in [9.17, 15) is 19.2 Å². The number of carboxylic acid groups (broad SMARTS) is 2. The average molecular weight is 716 g/mol. The molecule has 2 unspecified atom stereocenters. The molecule has 46 heavy (non-hydrogen) atoms. The number of rotatable bonds is 16. The molecule has 4 aromatic rings. The number of ether oxygens (including phenoxy) is 4. The highest BCUT2D eigenvalue weighted by atomic mass is 35.5. The zero-order valence-corrected chi connectivity index (χ0v) is 28.2. The van der Waals surface area contributed by atoms with E-state index >= 15 is 4.39 Å². The number of benzene rings is 2. The van der Waals surface area contributed by atoms with Crippen LogP contribution in [0.15, 0.2) is 18.2 Å². The Bertz CT molecular complexity index is 1830. The van der Waals surface area contributed by atoms with E-state index in [0.717, 1.165) is 22.7 Å². The van der Waals surface area contributed by atoms with Crippen LogP contribution in [-0.2, 0) is 9.59 Å². The van der Waals surface area contributed by atoms with E-state index in [4.69, 9.17) is 52.4 Å². The summed E-state index contributed by atoms with van der Waals surface area (Å²) in [5.41, 5.74) is 0. The molecule has 2 heterocycles. The lowest BCUT2D eigenvalue weighted by Crippen LogP contribution is -2.13. The van der Waals surface area contributed by atoms with Gasteiger partial charge in [0, 0.05) is 40.8 Å². The van der Waals surface area contributed by atoms with Crippen molar-refractivity contribution in [3.05, 3.63) is 43.8 Å². The van der Waals surface area contributed by atoms with E-state index in [0.29, 0.717) is 19.7 Å². The summed E-state index contributed by atoms with van der Waals surface area (Å²) in [4.78, 5) is 48.1. The number of carbonyl (C=O) groups is 4. The lowest BCUT2D eigenvalue weighted by Gasteiger charge is -2.15. The summed E-state index contributed by atoms with van der Waals surface area (Å²) in [5, 5.41) is 19.2. The third-order valence-corrected chi connectivity index (χ3v) is 10.2. The third kappa shape index (κ3) is 7.33. The van der Waals surface area contributed by atoms with Crippen molar-refractivity contribution in [1.29, 1.82) is 0 Å². The maximum absolute atomic E-state index is 15.5. The fourth-order valence-electron chi connectivity index (χ4n) is 4.45. The summed E-state index contributed by atoms with van der Waals surface area (Å²) in [5.74, 6) is -5.15. The molecule has 0 bridgehead atoms. The number of fused-ring (bicyclic) bond motifs is 2. The Kier molecular flexibility index (Phi) is 11.4. The molecule has 0 saturated heterocycles. The number of Topliss-reactive ketones (excluding diaryl/α,β-unsaturated/α-hetero) is 2. The minimum atomic E-state index is -1.09. The van der Waals surface area contributed by atoms with Gasteiger partial charge in [0.25, 0.3) is 0 Å². The number of carboxylic acids is 2. The van der Waals surface area contributed by atoms with Gasteiger partial charge in [0.2, 0.25) is 0 Å². The summed E-state index contributed by atoms with van der Waals surface area (Å²) in [6, 6.07) is 4.48. The van der Waals surface area contributed by atoms with Crippen LogP contribution >= 0.6 is 45.9 Å². The van der Waals surface area contributed by atoms with Gasteiger partial charge in [-0.3, -0.25) is 19.2 Å². The van der Waals surface area contributed by atoms with E-state index in [2.05, 4.69) is 0 Å². The van der Waals surface area contributed by atoms with Crippen LogP contribution in [0.2, 0.25) is 10.0 Å². The van der Waals surface area contributed by atoms with Gasteiger partial charge in [-0.2, -0.15) is 0 Å². The fourth-order valence-corrected chi connectivity index (χ4v) is 7.26. The Morgan fingerprint density at radius 3 is 1.87 bits per heavy atom. The number of methoxy groups -OCH3 is 2. The van der Waals surface area contributed by atoms with Crippen molar-refractivity contribution in [2.45, 2.75) is 33.1 Å². The summed E-state index contributed by atoms with van der Waals surface area (Å²) in [6.07, 6.45) is -0.139. The second-order valence-electron chi connectivity index (χ2n) is 10.4. The van der Waals surface area contributed by atoms with E-state index in [1.807, 2.05) is 0 Å². The number of ketones is 2. The second kappa shape index (κ2) is 14.8. The Hall–Kier alpha value is -3.65. The predicted octanol–water partition coefficient (Wildman–Crippen LogP) is 8.01. The Balaban J connectivity index is 1.47. The van der Waals surface area contributed by atoms with Gasteiger partial charge in [0.15, 0.2) is 40.4 Å². The molecule has 2 aromatic heterocycles. The van der Waals surface area contributed by atoms with Crippen LogP contribution in [0.5, 0.6) is 23.0 Å². The minimum Gasteiger partial charge on any atom is -0.493 e. The summed E-state index contributed by atoms with van der Waals surface area (Å²) >= 11 is 15.4. The molecule has 10 nitrogen and oxygen atoms in total. The molecule has 0 fully saturated rings. The van der Waals surface area contributed by atoms with E-state index in [-0.39, 0.29) is 81.6 Å². The molecule has 0 spiro atoms. The van der Waals surface area contributed by atoms with Gasteiger partial charge in [0.05, 0.1) is 58.7 Å². The van der Waals surface area contributed by atoms with E-state index in [1.165, 1.54) is 34.1 Å². The lowest BCUT2D eigenvalue weighted by atomic mass is 10.0. The average Bonchev–Trinajstić information content (AvgIpc) is 3.66. The fraction of sp³-hybridized carbons (Fsp3) is 0.355. The van der Waals surface area contributed by atoms with Gasteiger partial charge in [-0.15, -0.1) is 22.7 Å². The van der Waals surface area contributed by atoms with Gasteiger partial charge in [-0.05, 0) is 12.1 Å². The Labute approximate surface area is 280 Å². The zero-order chi connectivity index (χ0) is 33.9. The molecule has 0 saturated carbocycles. The molecule has 0 aliphatic heterocycles. The quantitative estimate of drug-likeness (QED) is 0.0864. The highest BCUT2D eigenvalue weighted by Gasteiger charge is 2.26. The van der Waals surface area contributed by atoms with Crippen molar-refractivity contribution < 1.29 is 52.7 Å². The number of carbonyl (C=O) groups excluding carboxylic acids is 2. The largest absolute Gasteiger partial charge is 0.493 e. The molecule has 0 aliphatic carbocycles. The first-order valence-corrected chi connectivity index (χ1v) is 16.2. The lowest BCUT2D eigenvalue weighted by molar-refractivity contribution is -0.141. The standard InChI is InChI=1S/C31H29Cl2FO10S2/c1-13(30(37)38)8-17(35)21-10-15-20(45-21)12-19(41-3)26(25(15)34)43-6-5-7-44-28-23(32)16-11-22(18(36)9-14(2)31(39)40)46-29(16)24(33)27(28)42-4/h10-14H,5-9H2,1-4H3,(H,37,38)(H,39,40). The number of thiophene rings is 2. The monoisotopic (exact) mass is 714 g/mol. The molecular formula is C31H29Cl2FO10S2. The topological polar surface area (TPSA) is 146 Å². The van der Waals surface area contributed by atoms with Gasteiger partial charge >= 0.3 is 11.9 Å². The van der Waals surface area contributed by atoms with Crippen LogP contribution in [0.25, 0.3) is 20.2 Å². The summed E-state index contributed by atoms with van der Waals surface area (Å²) in [6.45, 7) is 2.93. The molecule has 2 atom stereocenters. The smallest absolute Gasteiger partial charge is 0.306 e. The van der Waals surface area contributed by atoms with Crippen LogP contribution in [0.3, 0.4) is 0 Å². The van der Waals surface area contributed by atoms with E-state index in [1.54, 1.807) is 12.1 Å². The van der Waals surface area contributed by atoms with Gasteiger partial charge in [-0.1, -0.05) is 37.0 Å². The maximum atomic E-state index is 15.5. The van der Waals surface area contributed by atoms with Crippen LogP contribution < -0.4 is 18.9 Å². The van der Waals surface area contributed by atoms with Crippen LogP contribution in [-0.4, -0.2) is 61.2 Å². The van der Waals surface area contributed by atoms with Gasteiger partial charge in [-0.25, -0.2) is 4.39 Å². The van der Waals surface area contributed by atoms with Crippen LogP contribution in [0.1, 0.15) is 52.5 Å². The molecule has 2 aromatic carbocycles. The molecule has 4 rings (SSSR count). The van der Waals surface area contributed by atoms with E-state index < -0.39 is 35.4 Å². The normalized spacial score (nSPS) is 12.6. The summed E-state index contributed by atoms with van der Waals surface area (Å²) < 4.78 is 38.9. The second-order valence-corrected chi connectivity index (χ2v) is 13.3. The highest BCUT2D eigenvalue weighted by Crippen LogP contribution is 2.50. The van der Waals surface area contributed by atoms with Crippen molar-refractivity contribution in [3.8, 4) is 23.0 Å². The van der Waals surface area contributed by atoms with Crippen LogP contribution in [0.4, 0.5) is 4.39 Å². The SMILES string of the molecule is COc1cc2sc(C(=O)CC(C)C(=O)O)cc2c(F)c1OCCCOc1c(OC)c(Cl)c2sc(C(=O)CC(C)C(=O)O)cc2c1Cl. The van der Waals surface area contributed by atoms with Crippen molar-refractivity contribution >= 4 is 89.6 Å². The third-order valence-electron chi connectivity index (χ3n) is 7.04. The first-order valence-electron chi connectivity index (χ1n) is 13.8. The molecule has 15 heteroatoms. The summed E-state index contributed by atoms with van der Waals surface area (Å²) in [7, 11) is 2.74. The van der Waals surface area contributed by atoms with Crippen molar-refractivity contribution in [2.24, 2.45) is 11.8 Å². The first-order chi connectivity index (χ1) is 21.8. The molecule has 0 aliphatic rings. The Morgan fingerprint density at radius 2 is 1.33 bits per heavy atom.